The number of hydrazine groups is 1. The van der Waals surface area contributed by atoms with Gasteiger partial charge in [0.15, 0.2) is 5.11 Å². The van der Waals surface area contributed by atoms with Crippen LogP contribution in [0.4, 0.5) is 0 Å². The van der Waals surface area contributed by atoms with Gasteiger partial charge in [0.25, 0.3) is 0 Å². The molecule has 0 aromatic carbocycles. The number of rotatable bonds is 3. The predicted molar refractivity (Wildman–Crippen MR) is 63.2 cm³/mol. The molecule has 0 aliphatic rings. The highest BCUT2D eigenvalue weighted by atomic mass is 32.1. The number of hydrogen-bond acceptors (Lipinski definition) is 5. The van der Waals surface area contributed by atoms with Gasteiger partial charge in [-0.3, -0.25) is 4.79 Å². The Labute approximate surface area is 98.0 Å². The molecule has 0 radical (unpaired) electrons. The van der Waals surface area contributed by atoms with Crippen molar-refractivity contribution in [3.8, 4) is 0 Å². The lowest BCUT2D eigenvalue weighted by Crippen LogP contribution is -2.40. The number of thiol groups is 1. The van der Waals surface area contributed by atoms with Crippen LogP contribution < -0.4 is 22.3 Å². The fourth-order valence-corrected chi connectivity index (χ4v) is 0.678. The molecule has 0 rings (SSSR count). The Kier molecular flexibility index (Phi) is 10.4. The Morgan fingerprint density at radius 2 is 2.00 bits per heavy atom. The minimum atomic E-state index is -1.06. The molecule has 0 spiro atoms. The van der Waals surface area contributed by atoms with E-state index in [2.05, 4.69) is 36.0 Å². The maximum absolute atomic E-state index is 10.3. The van der Waals surface area contributed by atoms with Crippen LogP contribution in [-0.2, 0) is 9.59 Å². The molecule has 0 unspecified atom stereocenters. The highest BCUT2D eigenvalue weighted by Gasteiger charge is 2.15. The van der Waals surface area contributed by atoms with Gasteiger partial charge >= 0.3 is 5.97 Å². The molecule has 1 atom stereocenters. The zero-order chi connectivity index (χ0) is 12.4. The summed E-state index contributed by atoms with van der Waals surface area (Å²) in [6.07, 6.45) is 0. The molecule has 15 heavy (non-hydrogen) atoms. The van der Waals surface area contributed by atoms with E-state index in [0.717, 1.165) is 0 Å². The number of thiocarbonyl (C=S) groups is 1. The molecule has 0 bridgehead atoms. The van der Waals surface area contributed by atoms with Crippen molar-refractivity contribution in [1.29, 1.82) is 0 Å². The van der Waals surface area contributed by atoms with Crippen LogP contribution >= 0.6 is 24.8 Å². The second-order valence-corrected chi connectivity index (χ2v) is 3.09. The Balaban J connectivity index is 0. The van der Waals surface area contributed by atoms with Crippen molar-refractivity contribution in [2.75, 3.05) is 5.75 Å². The summed E-state index contributed by atoms with van der Waals surface area (Å²) in [5.74, 6) is 3.34. The molecular weight excluding hydrogens is 240 g/mol. The van der Waals surface area contributed by atoms with Gasteiger partial charge in [0, 0.05) is 12.7 Å². The molecule has 7 nitrogen and oxygen atoms in total. The molecule has 88 valence electrons. The lowest BCUT2D eigenvalue weighted by atomic mass is 10.3. The van der Waals surface area contributed by atoms with Crippen LogP contribution in [0.3, 0.4) is 0 Å². The maximum Gasteiger partial charge on any atom is 0.327 e. The molecule has 7 N–H and O–H groups in total. The summed E-state index contributed by atoms with van der Waals surface area (Å²) in [7, 11) is 0. The Morgan fingerprint density at radius 1 is 1.60 bits per heavy atom. The average molecular weight is 254 g/mol. The summed E-state index contributed by atoms with van der Waals surface area (Å²) in [6.45, 7) is 1.26. The third kappa shape index (κ3) is 12.9. The van der Waals surface area contributed by atoms with Gasteiger partial charge in [-0.15, -0.1) is 0 Å². The van der Waals surface area contributed by atoms with Crippen molar-refractivity contribution in [1.82, 2.24) is 10.7 Å². The quantitative estimate of drug-likeness (QED) is 0.152. The van der Waals surface area contributed by atoms with Gasteiger partial charge in [-0.1, -0.05) is 0 Å². The van der Waals surface area contributed by atoms with E-state index < -0.39 is 12.0 Å². The molecule has 0 saturated heterocycles. The first-order valence-electron chi connectivity index (χ1n) is 3.72. The Hall–Kier alpha value is -1.06. The van der Waals surface area contributed by atoms with Crippen molar-refractivity contribution >= 4 is 41.8 Å². The zero-order valence-electron chi connectivity index (χ0n) is 8.06. The lowest BCUT2D eigenvalue weighted by molar-refractivity contribution is -0.140. The second-order valence-electron chi connectivity index (χ2n) is 2.28. The van der Waals surface area contributed by atoms with Gasteiger partial charge in [0.2, 0.25) is 5.91 Å². The maximum atomic E-state index is 10.3. The number of carbonyl (C=O) groups is 2. The Morgan fingerprint density at radius 3 is 2.07 bits per heavy atom. The monoisotopic (exact) mass is 254 g/mol. The van der Waals surface area contributed by atoms with Gasteiger partial charge in [0.1, 0.15) is 6.04 Å². The van der Waals surface area contributed by atoms with Gasteiger partial charge in [-0.2, -0.15) is 12.6 Å². The topological polar surface area (TPSA) is 130 Å². The summed E-state index contributed by atoms with van der Waals surface area (Å²) in [6, 6.07) is -0.874. The van der Waals surface area contributed by atoms with Crippen molar-refractivity contribution in [2.45, 2.75) is 13.0 Å². The van der Waals surface area contributed by atoms with Crippen LogP contribution in [0.2, 0.25) is 0 Å². The number of nitrogens with two attached hydrogens (primary N) is 2. The van der Waals surface area contributed by atoms with Gasteiger partial charge in [-0.05, 0) is 12.2 Å². The molecule has 0 aromatic rings. The highest BCUT2D eigenvalue weighted by Crippen LogP contribution is 1.86. The number of aliphatic carboxylic acids is 1. The van der Waals surface area contributed by atoms with Crippen LogP contribution in [0.15, 0.2) is 0 Å². The van der Waals surface area contributed by atoms with E-state index in [4.69, 9.17) is 10.8 Å². The largest absolute Gasteiger partial charge is 0.480 e. The fourth-order valence-electron chi connectivity index (χ4n) is 0.431. The molecule has 0 saturated carbocycles. The van der Waals surface area contributed by atoms with Crippen LogP contribution in [0.1, 0.15) is 6.92 Å². The molecule has 0 aliphatic heterocycles. The smallest absolute Gasteiger partial charge is 0.327 e. The molecule has 9 heteroatoms. The van der Waals surface area contributed by atoms with Crippen LogP contribution in [0.5, 0.6) is 0 Å². The summed E-state index contributed by atoms with van der Waals surface area (Å²) >= 11 is 7.97. The Bertz CT molecular complexity index is 236. The van der Waals surface area contributed by atoms with E-state index in [-0.39, 0.29) is 16.8 Å². The van der Waals surface area contributed by atoms with E-state index in [1.54, 1.807) is 0 Å². The first-order valence-corrected chi connectivity index (χ1v) is 4.76. The predicted octanol–water partition coefficient (Wildman–Crippen LogP) is -1.80. The third-order valence-electron chi connectivity index (χ3n) is 1.00. The van der Waals surface area contributed by atoms with Crippen LogP contribution in [0, 0.1) is 0 Å². The fraction of sp³-hybridized carbons (Fsp3) is 0.500. The number of carbonyl (C=O) groups excluding carboxylic acids is 1. The van der Waals surface area contributed by atoms with Crippen molar-refractivity contribution in [3.05, 3.63) is 0 Å². The number of hydrogen-bond donors (Lipinski definition) is 6. The second kappa shape index (κ2) is 9.49. The van der Waals surface area contributed by atoms with Gasteiger partial charge in [0.05, 0.1) is 0 Å². The van der Waals surface area contributed by atoms with Crippen molar-refractivity contribution < 1.29 is 14.7 Å². The molecule has 0 fully saturated rings. The number of amides is 1. The van der Waals surface area contributed by atoms with E-state index in [1.165, 1.54) is 6.92 Å². The van der Waals surface area contributed by atoms with Crippen molar-refractivity contribution in [3.63, 3.8) is 0 Å². The minimum Gasteiger partial charge on any atom is -0.480 e. The molecule has 0 aromatic heterocycles. The van der Waals surface area contributed by atoms with Gasteiger partial charge < -0.3 is 21.6 Å². The van der Waals surface area contributed by atoms with Gasteiger partial charge in [-0.25, -0.2) is 10.6 Å². The van der Waals surface area contributed by atoms with E-state index in [9.17, 15) is 9.59 Å². The summed E-state index contributed by atoms with van der Waals surface area (Å²) < 4.78 is 0. The van der Waals surface area contributed by atoms with E-state index in [0.29, 0.717) is 0 Å². The minimum absolute atomic E-state index is 0.106. The van der Waals surface area contributed by atoms with Crippen molar-refractivity contribution in [2.24, 2.45) is 11.6 Å². The van der Waals surface area contributed by atoms with Crippen LogP contribution in [-0.4, -0.2) is 33.9 Å². The summed E-state index contributed by atoms with van der Waals surface area (Å²) in [5.41, 5.74) is 6.82. The summed E-state index contributed by atoms with van der Waals surface area (Å²) in [5, 5.41) is 10.7. The van der Waals surface area contributed by atoms with Crippen LogP contribution in [0.25, 0.3) is 0 Å². The molecule has 0 aliphatic carbocycles. The number of carboxylic acids is 1. The normalized spacial score (nSPS) is 10.3. The van der Waals surface area contributed by atoms with E-state index >= 15 is 0 Å². The third-order valence-corrected chi connectivity index (χ3v) is 1.48. The highest BCUT2D eigenvalue weighted by molar-refractivity contribution is 7.80. The number of carboxylic acid groups (broad SMARTS) is 1. The lowest BCUT2D eigenvalue weighted by Gasteiger charge is -2.08. The first-order chi connectivity index (χ1) is 6.84. The zero-order valence-corrected chi connectivity index (χ0v) is 9.77. The average Bonchev–Trinajstić information content (AvgIpc) is 2.14. The molecule has 1 amide bonds. The first kappa shape index (κ1) is 16.4. The number of nitrogens with one attached hydrogen (secondary N) is 2. The summed E-state index contributed by atoms with van der Waals surface area (Å²) in [4.78, 5) is 20.5. The van der Waals surface area contributed by atoms with E-state index in [1.807, 2.05) is 5.43 Å². The SMILES string of the molecule is CC(=O)N[C@@H](CS)C(=O)O.NNC(N)=S. The molecule has 0 heterocycles. The molecular formula is C6H14N4O3S2. The standard InChI is InChI=1S/C5H9NO3S.CH5N3S/c1-3(7)6-4(2-10)5(8)9;2-1(5)4-3/h4,10H,2H2,1H3,(H,6,7)(H,8,9);3H2,(H3,2,4,5)/t4-;/m0./s1.